The molecule has 0 aliphatic heterocycles. The van der Waals surface area contributed by atoms with Crippen molar-refractivity contribution in [2.45, 2.75) is 26.3 Å². The minimum absolute atomic E-state index is 0.244. The standard InChI is InChI=1S/C9H14N6O2/c1-2-3-4-15-6-5(7(16)13-9(15)17)11-8(12-6)14-10/h2-4,10H2,1H3,(H2,11,12,14)(H,13,16,17). The fourth-order valence-electron chi connectivity index (χ4n) is 1.63. The lowest BCUT2D eigenvalue weighted by molar-refractivity contribution is 0.613. The number of imidazole rings is 1. The molecule has 8 heteroatoms. The number of rotatable bonds is 4. The number of hydrazine groups is 1. The Balaban J connectivity index is 2.68. The summed E-state index contributed by atoms with van der Waals surface area (Å²) in [5.41, 5.74) is 1.93. The third-order valence-electron chi connectivity index (χ3n) is 2.51. The summed E-state index contributed by atoms with van der Waals surface area (Å²) in [6, 6.07) is 0. The number of fused-ring (bicyclic) bond motifs is 1. The number of aromatic nitrogens is 4. The van der Waals surface area contributed by atoms with Crippen molar-refractivity contribution in [3.63, 3.8) is 0 Å². The quantitative estimate of drug-likeness (QED) is 0.422. The molecule has 0 spiro atoms. The first-order chi connectivity index (χ1) is 8.17. The van der Waals surface area contributed by atoms with E-state index in [-0.39, 0.29) is 11.5 Å². The van der Waals surface area contributed by atoms with Crippen LogP contribution in [0.3, 0.4) is 0 Å². The number of anilines is 1. The first-order valence-corrected chi connectivity index (χ1v) is 5.36. The van der Waals surface area contributed by atoms with Crippen molar-refractivity contribution in [3.8, 4) is 0 Å². The smallest absolute Gasteiger partial charge is 0.317 e. The first kappa shape index (κ1) is 11.4. The second-order valence-electron chi connectivity index (χ2n) is 3.69. The molecule has 0 radical (unpaired) electrons. The summed E-state index contributed by atoms with van der Waals surface area (Å²) in [6.07, 6.45) is 1.78. The molecule has 8 nitrogen and oxygen atoms in total. The fourth-order valence-corrected chi connectivity index (χ4v) is 1.63. The lowest BCUT2D eigenvalue weighted by Gasteiger charge is -2.03. The number of nitrogens with zero attached hydrogens (tertiary/aromatic N) is 2. The van der Waals surface area contributed by atoms with Crippen molar-refractivity contribution in [1.29, 1.82) is 0 Å². The van der Waals surface area contributed by atoms with Gasteiger partial charge < -0.3 is 4.98 Å². The Hall–Kier alpha value is -2.09. The van der Waals surface area contributed by atoms with Gasteiger partial charge in [0.2, 0.25) is 5.95 Å². The number of hydrogen-bond acceptors (Lipinski definition) is 5. The predicted molar refractivity (Wildman–Crippen MR) is 63.7 cm³/mol. The molecule has 0 atom stereocenters. The van der Waals surface area contributed by atoms with Gasteiger partial charge in [-0.1, -0.05) is 13.3 Å². The summed E-state index contributed by atoms with van der Waals surface area (Å²) in [5.74, 6) is 5.46. The van der Waals surface area contributed by atoms with Crippen molar-refractivity contribution >= 4 is 17.1 Å². The Morgan fingerprint density at radius 2 is 2.18 bits per heavy atom. The molecule has 0 unspecified atom stereocenters. The van der Waals surface area contributed by atoms with Crippen molar-refractivity contribution in [2.75, 3.05) is 5.43 Å². The van der Waals surface area contributed by atoms with Gasteiger partial charge in [-0.2, -0.15) is 4.98 Å². The number of nitrogens with one attached hydrogen (secondary N) is 3. The molecular weight excluding hydrogens is 224 g/mol. The van der Waals surface area contributed by atoms with Gasteiger partial charge in [0, 0.05) is 6.54 Å². The third kappa shape index (κ3) is 1.94. The van der Waals surface area contributed by atoms with Crippen LogP contribution in [0.15, 0.2) is 9.59 Å². The summed E-state index contributed by atoms with van der Waals surface area (Å²) in [4.78, 5) is 32.2. The minimum Gasteiger partial charge on any atom is -0.317 e. The maximum Gasteiger partial charge on any atom is 0.330 e. The van der Waals surface area contributed by atoms with Crippen molar-refractivity contribution < 1.29 is 0 Å². The van der Waals surface area contributed by atoms with Crippen molar-refractivity contribution in [3.05, 3.63) is 20.8 Å². The molecule has 5 N–H and O–H groups in total. The topological polar surface area (TPSA) is 122 Å². The molecule has 17 heavy (non-hydrogen) atoms. The number of nitrogen functional groups attached to an aromatic ring is 1. The lowest BCUT2D eigenvalue weighted by Crippen LogP contribution is -2.30. The SMILES string of the molecule is CCCCn1c(=O)[nH]c(=O)c2[nH]c(NN)nc21. The Bertz CT molecular complexity index is 637. The number of H-pyrrole nitrogens is 2. The molecule has 0 saturated heterocycles. The van der Waals surface area contributed by atoms with Crippen LogP contribution < -0.4 is 22.5 Å². The summed E-state index contributed by atoms with van der Waals surface area (Å²) in [7, 11) is 0. The van der Waals surface area contributed by atoms with Crippen LogP contribution in [0.25, 0.3) is 11.2 Å². The average Bonchev–Trinajstić information content (AvgIpc) is 2.73. The highest BCUT2D eigenvalue weighted by Crippen LogP contribution is 2.08. The molecular formula is C9H14N6O2. The van der Waals surface area contributed by atoms with Crippen LogP contribution in [0.2, 0.25) is 0 Å². The van der Waals surface area contributed by atoms with E-state index in [1.54, 1.807) is 0 Å². The van der Waals surface area contributed by atoms with E-state index >= 15 is 0 Å². The highest BCUT2D eigenvalue weighted by Gasteiger charge is 2.11. The molecule has 0 aliphatic carbocycles. The van der Waals surface area contributed by atoms with Crippen LogP contribution in [0.1, 0.15) is 19.8 Å². The molecule has 2 aromatic heterocycles. The van der Waals surface area contributed by atoms with Crippen LogP contribution in [-0.4, -0.2) is 19.5 Å². The van der Waals surface area contributed by atoms with Gasteiger partial charge in [0.1, 0.15) is 0 Å². The van der Waals surface area contributed by atoms with Crippen LogP contribution in [0, 0.1) is 0 Å². The molecule has 2 rings (SSSR count). The molecule has 0 fully saturated rings. The van der Waals surface area contributed by atoms with E-state index < -0.39 is 11.2 Å². The summed E-state index contributed by atoms with van der Waals surface area (Å²) in [6.45, 7) is 2.53. The van der Waals surface area contributed by atoms with E-state index in [4.69, 9.17) is 5.84 Å². The number of hydrogen-bond donors (Lipinski definition) is 4. The van der Waals surface area contributed by atoms with E-state index in [1.807, 2.05) is 6.92 Å². The fraction of sp³-hybridized carbons (Fsp3) is 0.444. The van der Waals surface area contributed by atoms with Crippen LogP contribution in [0.4, 0.5) is 5.95 Å². The maximum atomic E-state index is 11.7. The molecule has 0 aliphatic rings. The molecule has 0 saturated carbocycles. The largest absolute Gasteiger partial charge is 0.330 e. The second kappa shape index (κ2) is 4.42. The van der Waals surface area contributed by atoms with E-state index in [0.717, 1.165) is 12.8 Å². The summed E-state index contributed by atoms with van der Waals surface area (Å²) >= 11 is 0. The minimum atomic E-state index is -0.494. The van der Waals surface area contributed by atoms with Crippen LogP contribution in [0.5, 0.6) is 0 Å². The van der Waals surface area contributed by atoms with Crippen molar-refractivity contribution in [1.82, 2.24) is 19.5 Å². The van der Waals surface area contributed by atoms with Gasteiger partial charge in [0.15, 0.2) is 11.2 Å². The maximum absolute atomic E-state index is 11.7. The third-order valence-corrected chi connectivity index (χ3v) is 2.51. The summed E-state index contributed by atoms with van der Waals surface area (Å²) in [5, 5.41) is 0. The zero-order chi connectivity index (χ0) is 12.4. The normalized spacial score (nSPS) is 10.9. The molecule has 92 valence electrons. The van der Waals surface area contributed by atoms with E-state index in [9.17, 15) is 9.59 Å². The Labute approximate surface area is 95.8 Å². The van der Waals surface area contributed by atoms with E-state index in [0.29, 0.717) is 12.2 Å². The van der Waals surface area contributed by atoms with Crippen LogP contribution in [-0.2, 0) is 6.54 Å². The highest BCUT2D eigenvalue weighted by atomic mass is 16.2. The monoisotopic (exact) mass is 238 g/mol. The number of aromatic amines is 2. The van der Waals surface area contributed by atoms with Gasteiger partial charge in [-0.05, 0) is 6.42 Å². The van der Waals surface area contributed by atoms with E-state index in [2.05, 4.69) is 20.4 Å². The van der Waals surface area contributed by atoms with Gasteiger partial charge >= 0.3 is 5.69 Å². The van der Waals surface area contributed by atoms with Crippen molar-refractivity contribution in [2.24, 2.45) is 5.84 Å². The Morgan fingerprint density at radius 1 is 1.41 bits per heavy atom. The second-order valence-corrected chi connectivity index (χ2v) is 3.69. The van der Waals surface area contributed by atoms with E-state index in [1.165, 1.54) is 4.57 Å². The van der Waals surface area contributed by atoms with Gasteiger partial charge in [-0.15, -0.1) is 0 Å². The van der Waals surface area contributed by atoms with Gasteiger partial charge in [-0.3, -0.25) is 19.8 Å². The predicted octanol–water partition coefficient (Wildman–Crippen LogP) is -0.501. The average molecular weight is 238 g/mol. The number of nitrogens with two attached hydrogens (primary N) is 1. The molecule has 0 bridgehead atoms. The zero-order valence-electron chi connectivity index (χ0n) is 9.41. The molecule has 2 heterocycles. The Morgan fingerprint density at radius 3 is 2.82 bits per heavy atom. The number of aryl methyl sites for hydroxylation is 1. The van der Waals surface area contributed by atoms with Gasteiger partial charge in [-0.25, -0.2) is 10.6 Å². The first-order valence-electron chi connectivity index (χ1n) is 5.36. The zero-order valence-corrected chi connectivity index (χ0v) is 9.41. The molecule has 0 aromatic carbocycles. The molecule has 2 aromatic rings. The highest BCUT2D eigenvalue weighted by molar-refractivity contribution is 5.72. The molecule has 0 amide bonds. The number of unbranched alkanes of at least 4 members (excludes halogenated alkanes) is 1. The Kier molecular flexibility index (Phi) is 2.96. The summed E-state index contributed by atoms with van der Waals surface area (Å²) < 4.78 is 1.43. The van der Waals surface area contributed by atoms with Gasteiger partial charge in [0.05, 0.1) is 0 Å². The van der Waals surface area contributed by atoms with Gasteiger partial charge in [0.25, 0.3) is 5.56 Å². The lowest BCUT2D eigenvalue weighted by atomic mass is 10.3. The van der Waals surface area contributed by atoms with Crippen LogP contribution >= 0.6 is 0 Å².